The van der Waals surface area contributed by atoms with Gasteiger partial charge in [0.15, 0.2) is 0 Å². The Bertz CT molecular complexity index is 1110. The van der Waals surface area contributed by atoms with Gasteiger partial charge < -0.3 is 4.42 Å². The first-order valence-corrected chi connectivity index (χ1v) is 9.14. The van der Waals surface area contributed by atoms with E-state index in [0.29, 0.717) is 34.6 Å². The molecule has 0 aliphatic rings. The summed E-state index contributed by atoms with van der Waals surface area (Å²) in [6.45, 7) is 1.94. The fraction of sp³-hybridized carbons (Fsp3) is 0.158. The maximum Gasteiger partial charge on any atom is 0.276 e. The van der Waals surface area contributed by atoms with Crippen LogP contribution in [0.2, 0.25) is 0 Å². The summed E-state index contributed by atoms with van der Waals surface area (Å²) in [4.78, 5) is 16.8. The summed E-state index contributed by atoms with van der Waals surface area (Å²) < 4.78 is 7.22. The van der Waals surface area contributed by atoms with Crippen LogP contribution in [-0.2, 0) is 12.2 Å². The zero-order chi connectivity index (χ0) is 17.9. The third kappa shape index (κ3) is 3.67. The van der Waals surface area contributed by atoms with Crippen molar-refractivity contribution in [3.05, 3.63) is 87.8 Å². The van der Waals surface area contributed by atoms with Crippen molar-refractivity contribution in [2.24, 2.45) is 0 Å². The van der Waals surface area contributed by atoms with Crippen LogP contribution in [0.15, 0.2) is 69.2 Å². The highest BCUT2D eigenvalue weighted by molar-refractivity contribution is 7.98. The van der Waals surface area contributed by atoms with Crippen molar-refractivity contribution in [1.29, 1.82) is 0 Å². The molecule has 0 aliphatic heterocycles. The van der Waals surface area contributed by atoms with Crippen molar-refractivity contribution in [3.8, 4) is 0 Å². The first-order valence-electron chi connectivity index (χ1n) is 8.15. The molecular formula is C19H16N4O2S. The number of pyridine rings is 1. The van der Waals surface area contributed by atoms with Crippen molar-refractivity contribution < 1.29 is 4.42 Å². The minimum Gasteiger partial charge on any atom is -0.416 e. The highest BCUT2D eigenvalue weighted by atomic mass is 32.2. The Morgan fingerprint density at radius 1 is 1.12 bits per heavy atom. The molecule has 0 saturated carbocycles. The Kier molecular flexibility index (Phi) is 4.53. The number of aryl methyl sites for hydroxylation is 1. The largest absolute Gasteiger partial charge is 0.416 e. The number of nitrogens with zero attached hydrogens (tertiary/aromatic N) is 4. The van der Waals surface area contributed by atoms with E-state index in [-0.39, 0.29) is 5.56 Å². The standard InChI is InChI=1S/C19H16N4O2S/c1-13-7-8-16-20-15(10-18(24)23(16)11-13)12-26-19-22-21-17(25-19)9-14-5-3-2-4-6-14/h2-8,10-11H,9,12H2,1H3. The number of aromatic nitrogens is 4. The normalized spacial score (nSPS) is 11.1. The lowest BCUT2D eigenvalue weighted by Crippen LogP contribution is -2.15. The Labute approximate surface area is 153 Å². The van der Waals surface area contributed by atoms with E-state index >= 15 is 0 Å². The van der Waals surface area contributed by atoms with Crippen LogP contribution in [0.1, 0.15) is 22.7 Å². The lowest BCUT2D eigenvalue weighted by atomic mass is 10.2. The minimum atomic E-state index is -0.0930. The molecule has 26 heavy (non-hydrogen) atoms. The summed E-state index contributed by atoms with van der Waals surface area (Å²) in [6, 6.07) is 15.3. The molecule has 0 atom stereocenters. The second-order valence-corrected chi connectivity index (χ2v) is 6.86. The van der Waals surface area contributed by atoms with Crippen LogP contribution < -0.4 is 5.56 Å². The van der Waals surface area contributed by atoms with Gasteiger partial charge in [-0.25, -0.2) is 4.98 Å². The molecule has 4 rings (SSSR count). The monoisotopic (exact) mass is 364 g/mol. The molecule has 3 aromatic heterocycles. The van der Waals surface area contributed by atoms with E-state index in [1.807, 2.05) is 49.4 Å². The number of hydrogen-bond donors (Lipinski definition) is 0. The number of fused-ring (bicyclic) bond motifs is 1. The quantitative estimate of drug-likeness (QED) is 0.506. The lowest BCUT2D eigenvalue weighted by Gasteiger charge is -2.03. The number of hydrogen-bond acceptors (Lipinski definition) is 6. The van der Waals surface area contributed by atoms with Gasteiger partial charge in [0.05, 0.1) is 12.1 Å². The molecule has 3 heterocycles. The molecule has 0 saturated heterocycles. The highest BCUT2D eigenvalue weighted by Gasteiger charge is 2.09. The Morgan fingerprint density at radius 3 is 2.81 bits per heavy atom. The number of thioether (sulfide) groups is 1. The van der Waals surface area contributed by atoms with Crippen molar-refractivity contribution in [2.45, 2.75) is 24.3 Å². The smallest absolute Gasteiger partial charge is 0.276 e. The van der Waals surface area contributed by atoms with Gasteiger partial charge in [-0.2, -0.15) is 0 Å². The second-order valence-electron chi connectivity index (χ2n) is 5.93. The molecule has 4 aromatic rings. The van der Waals surface area contributed by atoms with Crippen LogP contribution >= 0.6 is 11.8 Å². The Hall–Kier alpha value is -2.93. The first kappa shape index (κ1) is 16.5. The topological polar surface area (TPSA) is 73.3 Å². The summed E-state index contributed by atoms with van der Waals surface area (Å²) in [5, 5.41) is 8.61. The van der Waals surface area contributed by atoms with Crippen molar-refractivity contribution in [2.75, 3.05) is 0 Å². The second kappa shape index (κ2) is 7.13. The fourth-order valence-electron chi connectivity index (χ4n) is 2.61. The number of benzene rings is 1. The molecule has 0 bridgehead atoms. The van der Waals surface area contributed by atoms with Gasteiger partial charge in [0.25, 0.3) is 10.8 Å². The molecule has 0 fully saturated rings. The molecule has 7 heteroatoms. The molecule has 1 aromatic carbocycles. The first-order chi connectivity index (χ1) is 12.7. The maximum atomic E-state index is 12.2. The van der Waals surface area contributed by atoms with E-state index in [4.69, 9.17) is 4.42 Å². The molecule has 0 spiro atoms. The summed E-state index contributed by atoms with van der Waals surface area (Å²) in [6.07, 6.45) is 2.39. The third-order valence-corrected chi connectivity index (χ3v) is 4.70. The molecule has 130 valence electrons. The van der Waals surface area contributed by atoms with Crippen LogP contribution in [-0.4, -0.2) is 19.6 Å². The summed E-state index contributed by atoms with van der Waals surface area (Å²) in [5.74, 6) is 1.06. The van der Waals surface area contributed by atoms with Gasteiger partial charge in [0.2, 0.25) is 5.89 Å². The van der Waals surface area contributed by atoms with Crippen LogP contribution in [0.4, 0.5) is 0 Å². The third-order valence-electron chi connectivity index (χ3n) is 3.85. The predicted octanol–water partition coefficient (Wildman–Crippen LogP) is 3.27. The van der Waals surface area contributed by atoms with Gasteiger partial charge in [-0.05, 0) is 24.1 Å². The van der Waals surface area contributed by atoms with E-state index in [1.165, 1.54) is 11.8 Å². The minimum absolute atomic E-state index is 0.0930. The van der Waals surface area contributed by atoms with Gasteiger partial charge in [0, 0.05) is 18.0 Å². The van der Waals surface area contributed by atoms with Gasteiger partial charge in [-0.15, -0.1) is 10.2 Å². The van der Waals surface area contributed by atoms with Crippen LogP contribution in [0, 0.1) is 6.92 Å². The molecule has 0 aliphatic carbocycles. The van der Waals surface area contributed by atoms with E-state index in [2.05, 4.69) is 15.2 Å². The molecule has 0 N–H and O–H groups in total. The Balaban J connectivity index is 1.47. The van der Waals surface area contributed by atoms with Crippen LogP contribution in [0.5, 0.6) is 0 Å². The van der Waals surface area contributed by atoms with Gasteiger partial charge in [-0.1, -0.05) is 48.2 Å². The predicted molar refractivity (Wildman–Crippen MR) is 99.3 cm³/mol. The van der Waals surface area contributed by atoms with E-state index in [9.17, 15) is 4.79 Å². The zero-order valence-corrected chi connectivity index (χ0v) is 14.9. The molecule has 6 nitrogen and oxygen atoms in total. The van der Waals surface area contributed by atoms with E-state index in [0.717, 1.165) is 11.1 Å². The van der Waals surface area contributed by atoms with Crippen molar-refractivity contribution in [3.63, 3.8) is 0 Å². The summed E-state index contributed by atoms with van der Waals surface area (Å²) >= 11 is 1.37. The van der Waals surface area contributed by atoms with Gasteiger partial charge >= 0.3 is 0 Å². The maximum absolute atomic E-state index is 12.2. The van der Waals surface area contributed by atoms with Crippen molar-refractivity contribution in [1.82, 2.24) is 19.6 Å². The molecule has 0 radical (unpaired) electrons. The van der Waals surface area contributed by atoms with E-state index in [1.54, 1.807) is 16.7 Å². The Morgan fingerprint density at radius 2 is 1.96 bits per heavy atom. The SMILES string of the molecule is Cc1ccc2nc(CSc3nnc(Cc4ccccc4)o3)cc(=O)n2c1. The fourth-order valence-corrected chi connectivity index (χ4v) is 3.28. The highest BCUT2D eigenvalue weighted by Crippen LogP contribution is 2.21. The average Bonchev–Trinajstić information content (AvgIpc) is 3.09. The van der Waals surface area contributed by atoms with Crippen LogP contribution in [0.3, 0.4) is 0 Å². The molecule has 0 amide bonds. The summed E-state index contributed by atoms with van der Waals surface area (Å²) in [7, 11) is 0. The lowest BCUT2D eigenvalue weighted by molar-refractivity contribution is 0.420. The number of rotatable bonds is 5. The van der Waals surface area contributed by atoms with Crippen LogP contribution in [0.25, 0.3) is 5.65 Å². The zero-order valence-electron chi connectivity index (χ0n) is 14.1. The average molecular weight is 364 g/mol. The van der Waals surface area contributed by atoms with Gasteiger partial charge in [-0.3, -0.25) is 9.20 Å². The molecule has 0 unspecified atom stereocenters. The van der Waals surface area contributed by atoms with Crippen molar-refractivity contribution >= 4 is 17.4 Å². The molecular weight excluding hydrogens is 348 g/mol. The van der Waals surface area contributed by atoms with E-state index < -0.39 is 0 Å². The van der Waals surface area contributed by atoms with Gasteiger partial charge in [0.1, 0.15) is 5.65 Å². The summed E-state index contributed by atoms with van der Waals surface area (Å²) in [5.41, 5.74) is 3.36.